The zero-order valence-electron chi connectivity index (χ0n) is 11.0. The van der Waals surface area contributed by atoms with Gasteiger partial charge in [-0.3, -0.25) is 0 Å². The maximum atomic E-state index is 11.2. The van der Waals surface area contributed by atoms with Crippen molar-refractivity contribution in [2.45, 2.75) is 29.7 Å². The molecule has 1 aromatic heterocycles. The second kappa shape index (κ2) is 6.90. The summed E-state index contributed by atoms with van der Waals surface area (Å²) >= 11 is 4.95. The molecular weight excluding hydrogens is 338 g/mol. The first-order valence-electron chi connectivity index (χ1n) is 6.26. The molecule has 0 saturated heterocycles. The highest BCUT2D eigenvalue weighted by Gasteiger charge is 2.10. The maximum Gasteiger partial charge on any atom is 0.335 e. The number of aromatic carboxylic acids is 1. The summed E-state index contributed by atoms with van der Waals surface area (Å²) in [6.07, 6.45) is 1.72. The lowest BCUT2D eigenvalue weighted by atomic mass is 10.2. The summed E-state index contributed by atoms with van der Waals surface area (Å²) < 4.78 is 0.976. The number of carbonyl (C=O) groups is 1. The van der Waals surface area contributed by atoms with E-state index in [1.165, 1.54) is 11.8 Å². The van der Waals surface area contributed by atoms with Crippen LogP contribution in [0.15, 0.2) is 50.8 Å². The largest absolute Gasteiger partial charge is 0.478 e. The van der Waals surface area contributed by atoms with Gasteiger partial charge in [-0.2, -0.15) is 0 Å². The van der Waals surface area contributed by atoms with Crippen molar-refractivity contribution in [3.63, 3.8) is 0 Å². The molecule has 0 aliphatic rings. The average Bonchev–Trinajstić information content (AvgIpc) is 2.41. The Morgan fingerprint density at radius 1 is 1.35 bits per heavy atom. The topological polar surface area (TPSA) is 50.2 Å². The van der Waals surface area contributed by atoms with E-state index in [0.29, 0.717) is 5.03 Å². The van der Waals surface area contributed by atoms with Crippen LogP contribution in [0, 0.1) is 0 Å². The van der Waals surface area contributed by atoms with Crippen LogP contribution in [0.2, 0.25) is 0 Å². The minimum Gasteiger partial charge on any atom is -0.478 e. The third-order valence-corrected chi connectivity index (χ3v) is 4.61. The highest BCUT2D eigenvalue weighted by atomic mass is 79.9. The summed E-state index contributed by atoms with van der Waals surface area (Å²) in [5.74, 6) is -0.918. The lowest BCUT2D eigenvalue weighted by Gasteiger charge is -2.07. The summed E-state index contributed by atoms with van der Waals surface area (Å²) in [5.41, 5.74) is 1.11. The van der Waals surface area contributed by atoms with Crippen LogP contribution in [0.1, 0.15) is 29.4 Å². The number of pyridine rings is 1. The summed E-state index contributed by atoms with van der Waals surface area (Å²) in [5, 5.41) is 9.88. The molecule has 0 unspecified atom stereocenters. The van der Waals surface area contributed by atoms with E-state index in [1.807, 2.05) is 24.3 Å². The molecule has 0 aliphatic carbocycles. The van der Waals surface area contributed by atoms with Crippen LogP contribution in [-0.2, 0) is 6.42 Å². The van der Waals surface area contributed by atoms with Gasteiger partial charge in [-0.25, -0.2) is 9.78 Å². The van der Waals surface area contributed by atoms with E-state index >= 15 is 0 Å². The third-order valence-electron chi connectivity index (χ3n) is 2.66. The van der Waals surface area contributed by atoms with E-state index in [1.54, 1.807) is 12.1 Å². The molecule has 1 aromatic carbocycles. The Labute approximate surface area is 130 Å². The van der Waals surface area contributed by atoms with Gasteiger partial charge in [-0.05, 0) is 46.6 Å². The molecule has 0 saturated carbocycles. The number of hydrogen-bond donors (Lipinski definition) is 1. The van der Waals surface area contributed by atoms with E-state index in [9.17, 15) is 9.90 Å². The van der Waals surface area contributed by atoms with Crippen LogP contribution >= 0.6 is 27.7 Å². The number of carboxylic acids is 1. The second-order valence-corrected chi connectivity index (χ2v) is 6.19. The zero-order chi connectivity index (χ0) is 14.5. The number of benzene rings is 1. The molecule has 0 aliphatic heterocycles. The van der Waals surface area contributed by atoms with Gasteiger partial charge in [0.2, 0.25) is 0 Å². The van der Waals surface area contributed by atoms with Crippen LogP contribution in [0.5, 0.6) is 0 Å². The molecule has 0 amide bonds. The molecular formula is C15H14BrNO2S. The maximum absolute atomic E-state index is 11.2. The van der Waals surface area contributed by atoms with Gasteiger partial charge in [-0.15, -0.1) is 0 Å². The molecule has 5 heteroatoms. The predicted octanol–water partition coefficient (Wildman–Crippen LogP) is 4.65. The van der Waals surface area contributed by atoms with E-state index in [2.05, 4.69) is 27.8 Å². The first kappa shape index (κ1) is 15.1. The molecule has 0 bridgehead atoms. The van der Waals surface area contributed by atoms with Crippen molar-refractivity contribution >= 4 is 33.7 Å². The fourth-order valence-electron chi connectivity index (χ4n) is 1.76. The monoisotopic (exact) mass is 351 g/mol. The highest BCUT2D eigenvalue weighted by Crippen LogP contribution is 2.32. The average molecular weight is 352 g/mol. The Morgan fingerprint density at radius 3 is 2.75 bits per heavy atom. The van der Waals surface area contributed by atoms with Gasteiger partial charge in [0.1, 0.15) is 5.03 Å². The summed E-state index contributed by atoms with van der Waals surface area (Å²) in [6.45, 7) is 2.05. The van der Waals surface area contributed by atoms with E-state index < -0.39 is 5.97 Å². The predicted molar refractivity (Wildman–Crippen MR) is 83.5 cm³/mol. The standard InChI is InChI=1S/C15H14BrNO2S/c1-2-5-11-8-10(15(18)19)9-14(17-11)20-13-7-4-3-6-12(13)16/h3-4,6-9H,2,5H2,1H3,(H,18,19). The lowest BCUT2D eigenvalue weighted by Crippen LogP contribution is -2.01. The highest BCUT2D eigenvalue weighted by molar-refractivity contribution is 9.10. The van der Waals surface area contributed by atoms with Crippen molar-refractivity contribution in [2.75, 3.05) is 0 Å². The van der Waals surface area contributed by atoms with E-state index in [0.717, 1.165) is 27.9 Å². The number of rotatable bonds is 5. The van der Waals surface area contributed by atoms with Crippen molar-refractivity contribution in [3.05, 3.63) is 52.1 Å². The molecule has 0 atom stereocenters. The van der Waals surface area contributed by atoms with E-state index in [-0.39, 0.29) is 5.56 Å². The zero-order valence-corrected chi connectivity index (χ0v) is 13.4. The van der Waals surface area contributed by atoms with Gasteiger partial charge in [-0.1, -0.05) is 37.2 Å². The minimum atomic E-state index is -0.918. The van der Waals surface area contributed by atoms with Crippen molar-refractivity contribution in [1.29, 1.82) is 0 Å². The Hall–Kier alpha value is -1.33. The van der Waals surface area contributed by atoms with Gasteiger partial charge >= 0.3 is 5.97 Å². The first-order chi connectivity index (χ1) is 9.60. The molecule has 20 heavy (non-hydrogen) atoms. The van der Waals surface area contributed by atoms with Crippen molar-refractivity contribution in [1.82, 2.24) is 4.98 Å². The summed E-state index contributed by atoms with van der Waals surface area (Å²) in [7, 11) is 0. The molecule has 0 radical (unpaired) electrons. The second-order valence-electron chi connectivity index (χ2n) is 4.27. The Balaban J connectivity index is 2.35. The molecule has 2 rings (SSSR count). The smallest absolute Gasteiger partial charge is 0.335 e. The molecule has 2 aromatic rings. The molecule has 0 spiro atoms. The summed E-state index contributed by atoms with van der Waals surface area (Å²) in [4.78, 5) is 16.7. The number of hydrogen-bond acceptors (Lipinski definition) is 3. The molecule has 104 valence electrons. The van der Waals surface area contributed by atoms with Gasteiger partial charge in [0.05, 0.1) is 5.56 Å². The Morgan fingerprint density at radius 2 is 2.10 bits per heavy atom. The van der Waals surface area contributed by atoms with Crippen LogP contribution in [-0.4, -0.2) is 16.1 Å². The fourth-order valence-corrected chi connectivity index (χ4v) is 3.17. The van der Waals surface area contributed by atoms with Crippen LogP contribution < -0.4 is 0 Å². The van der Waals surface area contributed by atoms with Crippen molar-refractivity contribution < 1.29 is 9.90 Å². The van der Waals surface area contributed by atoms with Crippen molar-refractivity contribution in [2.24, 2.45) is 0 Å². The Bertz CT molecular complexity index is 631. The van der Waals surface area contributed by atoms with Crippen LogP contribution in [0.25, 0.3) is 0 Å². The molecule has 1 heterocycles. The molecule has 3 nitrogen and oxygen atoms in total. The fraction of sp³-hybridized carbons (Fsp3) is 0.200. The quantitative estimate of drug-likeness (QED) is 0.851. The number of aromatic nitrogens is 1. The number of aryl methyl sites for hydroxylation is 1. The number of nitrogens with zero attached hydrogens (tertiary/aromatic N) is 1. The molecule has 1 N–H and O–H groups in total. The van der Waals surface area contributed by atoms with Crippen molar-refractivity contribution in [3.8, 4) is 0 Å². The number of carboxylic acid groups (broad SMARTS) is 1. The number of halogens is 1. The van der Waals surface area contributed by atoms with Gasteiger partial charge < -0.3 is 5.11 Å². The van der Waals surface area contributed by atoms with Gasteiger partial charge in [0, 0.05) is 15.1 Å². The minimum absolute atomic E-state index is 0.290. The van der Waals surface area contributed by atoms with Gasteiger partial charge in [0.15, 0.2) is 0 Å². The van der Waals surface area contributed by atoms with Gasteiger partial charge in [0.25, 0.3) is 0 Å². The first-order valence-corrected chi connectivity index (χ1v) is 7.87. The van der Waals surface area contributed by atoms with E-state index in [4.69, 9.17) is 0 Å². The molecule has 0 fully saturated rings. The summed E-state index contributed by atoms with van der Waals surface area (Å²) in [6, 6.07) is 11.1. The SMILES string of the molecule is CCCc1cc(C(=O)O)cc(Sc2ccccc2Br)n1. The Kier molecular flexibility index (Phi) is 5.20. The van der Waals surface area contributed by atoms with Crippen LogP contribution in [0.4, 0.5) is 0 Å². The normalized spacial score (nSPS) is 10.5. The lowest BCUT2D eigenvalue weighted by molar-refractivity contribution is 0.0696. The van der Waals surface area contributed by atoms with Crippen LogP contribution in [0.3, 0.4) is 0 Å². The third kappa shape index (κ3) is 3.84.